The Labute approximate surface area is 115 Å². The van der Waals surface area contributed by atoms with Gasteiger partial charge in [-0.3, -0.25) is 4.98 Å². The number of halogens is 1. The minimum atomic E-state index is 0.114. The summed E-state index contributed by atoms with van der Waals surface area (Å²) in [5.41, 5.74) is 8.52. The van der Waals surface area contributed by atoms with E-state index in [9.17, 15) is 0 Å². The number of hydrogen-bond donors (Lipinski definition) is 2. The summed E-state index contributed by atoms with van der Waals surface area (Å²) in [5, 5.41) is 3.38. The van der Waals surface area contributed by atoms with E-state index in [4.69, 9.17) is 10.2 Å². The number of anilines is 2. The average molecular weight is 310 g/mol. The molecule has 0 aliphatic rings. The van der Waals surface area contributed by atoms with Crippen molar-refractivity contribution in [3.05, 3.63) is 40.0 Å². The second-order valence-corrected chi connectivity index (χ2v) is 5.17. The van der Waals surface area contributed by atoms with Gasteiger partial charge in [0.15, 0.2) is 0 Å². The smallest absolute Gasteiger partial charge is 0.106 e. The molecule has 3 N–H and O–H groups in total. The van der Waals surface area contributed by atoms with Crippen molar-refractivity contribution in [2.75, 3.05) is 11.1 Å². The van der Waals surface area contributed by atoms with Crippen LogP contribution in [0, 0.1) is 13.8 Å². The van der Waals surface area contributed by atoms with Gasteiger partial charge in [-0.1, -0.05) is 0 Å². The van der Waals surface area contributed by atoms with Crippen LogP contribution >= 0.6 is 15.9 Å². The molecule has 0 radical (unpaired) electrons. The minimum Gasteiger partial charge on any atom is -0.466 e. The van der Waals surface area contributed by atoms with Crippen LogP contribution in [-0.2, 0) is 0 Å². The van der Waals surface area contributed by atoms with E-state index < -0.39 is 0 Å². The van der Waals surface area contributed by atoms with Crippen LogP contribution in [0.25, 0.3) is 0 Å². The van der Waals surface area contributed by atoms with Gasteiger partial charge in [-0.15, -0.1) is 0 Å². The van der Waals surface area contributed by atoms with Crippen LogP contribution in [0.3, 0.4) is 0 Å². The molecule has 2 heterocycles. The first-order valence-corrected chi connectivity index (χ1v) is 6.50. The lowest BCUT2D eigenvalue weighted by Gasteiger charge is -2.17. The molecule has 4 nitrogen and oxygen atoms in total. The zero-order valence-electron chi connectivity index (χ0n) is 10.6. The van der Waals surface area contributed by atoms with Crippen molar-refractivity contribution in [1.82, 2.24) is 4.98 Å². The third-order valence-electron chi connectivity index (χ3n) is 2.84. The first-order chi connectivity index (χ1) is 8.49. The maximum atomic E-state index is 5.91. The number of aromatic nitrogens is 1. The molecule has 0 aliphatic carbocycles. The van der Waals surface area contributed by atoms with E-state index >= 15 is 0 Å². The molecular formula is C13H16BrN3O. The molecule has 2 aromatic heterocycles. The summed E-state index contributed by atoms with van der Waals surface area (Å²) >= 11 is 3.44. The number of nitrogens with one attached hydrogen (secondary N) is 1. The Balaban J connectivity index is 2.26. The van der Waals surface area contributed by atoms with Gasteiger partial charge in [0.1, 0.15) is 11.5 Å². The molecule has 0 amide bonds. The van der Waals surface area contributed by atoms with Crippen molar-refractivity contribution in [3.63, 3.8) is 0 Å². The highest BCUT2D eigenvalue weighted by Gasteiger charge is 2.15. The van der Waals surface area contributed by atoms with E-state index in [0.717, 1.165) is 27.2 Å². The highest BCUT2D eigenvalue weighted by atomic mass is 79.9. The predicted molar refractivity (Wildman–Crippen MR) is 76.6 cm³/mol. The van der Waals surface area contributed by atoms with Crippen molar-refractivity contribution in [2.24, 2.45) is 0 Å². The van der Waals surface area contributed by atoms with E-state index in [1.807, 2.05) is 19.9 Å². The van der Waals surface area contributed by atoms with Gasteiger partial charge in [-0.05, 0) is 42.8 Å². The largest absolute Gasteiger partial charge is 0.466 e. The van der Waals surface area contributed by atoms with Gasteiger partial charge < -0.3 is 15.5 Å². The van der Waals surface area contributed by atoms with E-state index in [1.165, 1.54) is 0 Å². The second kappa shape index (κ2) is 5.02. The molecule has 2 rings (SSSR count). The van der Waals surface area contributed by atoms with Gasteiger partial charge in [0.2, 0.25) is 0 Å². The van der Waals surface area contributed by atoms with Crippen LogP contribution in [-0.4, -0.2) is 4.98 Å². The van der Waals surface area contributed by atoms with E-state index in [2.05, 4.69) is 33.2 Å². The van der Waals surface area contributed by atoms with Crippen molar-refractivity contribution in [3.8, 4) is 0 Å². The van der Waals surface area contributed by atoms with Gasteiger partial charge in [0.25, 0.3) is 0 Å². The number of nitrogen functional groups attached to an aromatic ring is 1. The summed E-state index contributed by atoms with van der Waals surface area (Å²) < 4.78 is 6.39. The first-order valence-electron chi connectivity index (χ1n) is 5.71. The zero-order chi connectivity index (χ0) is 13.3. The number of hydrogen-bond acceptors (Lipinski definition) is 4. The fraction of sp³-hybridized carbons (Fsp3) is 0.308. The molecule has 0 fully saturated rings. The number of pyridine rings is 1. The Bertz CT molecular complexity index is 545. The lowest BCUT2D eigenvalue weighted by atomic mass is 10.1. The summed E-state index contributed by atoms with van der Waals surface area (Å²) in [6.45, 7) is 5.98. The van der Waals surface area contributed by atoms with E-state index in [0.29, 0.717) is 5.69 Å². The van der Waals surface area contributed by atoms with Crippen LogP contribution in [0.4, 0.5) is 11.4 Å². The standard InChI is InChI=1S/C13H16BrN3O/c1-7-4-10(9(3)18-7)8(2)17-13-11(14)5-16-6-12(13)15/h4-6,8H,15H2,1-3H3,(H,16,17). The molecule has 0 saturated heterocycles. The van der Waals surface area contributed by atoms with Crippen LogP contribution in [0.2, 0.25) is 0 Å². The third-order valence-corrected chi connectivity index (χ3v) is 3.44. The quantitative estimate of drug-likeness (QED) is 0.905. The normalized spacial score (nSPS) is 12.4. The summed E-state index contributed by atoms with van der Waals surface area (Å²) in [7, 11) is 0. The van der Waals surface area contributed by atoms with Gasteiger partial charge in [-0.2, -0.15) is 0 Å². The molecule has 1 unspecified atom stereocenters. The van der Waals surface area contributed by atoms with Crippen molar-refractivity contribution in [2.45, 2.75) is 26.8 Å². The predicted octanol–water partition coefficient (Wildman–Crippen LogP) is 3.81. The second-order valence-electron chi connectivity index (χ2n) is 4.32. The molecule has 0 bridgehead atoms. The topological polar surface area (TPSA) is 64.1 Å². The molecule has 0 spiro atoms. The molecule has 18 heavy (non-hydrogen) atoms. The van der Waals surface area contributed by atoms with Crippen LogP contribution < -0.4 is 11.1 Å². The first kappa shape index (κ1) is 13.0. The van der Waals surface area contributed by atoms with Gasteiger partial charge in [0.05, 0.1) is 28.1 Å². The fourth-order valence-corrected chi connectivity index (χ4v) is 2.44. The number of nitrogens with two attached hydrogens (primary N) is 1. The van der Waals surface area contributed by atoms with Gasteiger partial charge >= 0.3 is 0 Å². The summed E-state index contributed by atoms with van der Waals surface area (Å²) in [4.78, 5) is 4.02. The Morgan fingerprint density at radius 2 is 2.11 bits per heavy atom. The van der Waals surface area contributed by atoms with Crippen LogP contribution in [0.5, 0.6) is 0 Å². The van der Waals surface area contributed by atoms with Crippen molar-refractivity contribution >= 4 is 27.3 Å². The Morgan fingerprint density at radius 1 is 1.39 bits per heavy atom. The van der Waals surface area contributed by atoms with Crippen LogP contribution in [0.1, 0.15) is 30.0 Å². The zero-order valence-corrected chi connectivity index (χ0v) is 12.2. The summed E-state index contributed by atoms with van der Waals surface area (Å²) in [6.07, 6.45) is 3.35. The summed E-state index contributed by atoms with van der Waals surface area (Å²) in [6, 6.07) is 2.15. The monoisotopic (exact) mass is 309 g/mol. The molecular weight excluding hydrogens is 294 g/mol. The lowest BCUT2D eigenvalue weighted by molar-refractivity contribution is 0.500. The maximum absolute atomic E-state index is 5.91. The maximum Gasteiger partial charge on any atom is 0.106 e. The van der Waals surface area contributed by atoms with Gasteiger partial charge in [0, 0.05) is 11.8 Å². The Morgan fingerprint density at radius 3 is 2.67 bits per heavy atom. The number of aryl methyl sites for hydroxylation is 2. The number of nitrogens with zero attached hydrogens (tertiary/aromatic N) is 1. The highest BCUT2D eigenvalue weighted by Crippen LogP contribution is 2.32. The lowest BCUT2D eigenvalue weighted by Crippen LogP contribution is -2.09. The fourth-order valence-electron chi connectivity index (χ4n) is 1.98. The number of rotatable bonds is 3. The molecule has 0 aliphatic heterocycles. The van der Waals surface area contributed by atoms with E-state index in [1.54, 1.807) is 12.4 Å². The molecule has 2 aromatic rings. The SMILES string of the molecule is Cc1cc(C(C)Nc2c(N)cncc2Br)c(C)o1. The molecule has 0 saturated carbocycles. The molecule has 0 aromatic carbocycles. The van der Waals surface area contributed by atoms with Crippen molar-refractivity contribution < 1.29 is 4.42 Å². The average Bonchev–Trinajstić information content (AvgIpc) is 2.63. The van der Waals surface area contributed by atoms with Crippen molar-refractivity contribution in [1.29, 1.82) is 0 Å². The van der Waals surface area contributed by atoms with Gasteiger partial charge in [-0.25, -0.2) is 0 Å². The third kappa shape index (κ3) is 2.51. The van der Waals surface area contributed by atoms with E-state index in [-0.39, 0.29) is 6.04 Å². The minimum absolute atomic E-state index is 0.114. The molecule has 96 valence electrons. The summed E-state index contributed by atoms with van der Waals surface area (Å²) in [5.74, 6) is 1.84. The Hall–Kier alpha value is -1.49. The highest BCUT2D eigenvalue weighted by molar-refractivity contribution is 9.10. The molecule has 5 heteroatoms. The molecule has 1 atom stereocenters. The Kier molecular flexibility index (Phi) is 3.61. The number of furan rings is 1. The van der Waals surface area contributed by atoms with Crippen LogP contribution in [0.15, 0.2) is 27.3 Å².